The van der Waals surface area contributed by atoms with Crippen molar-refractivity contribution < 1.29 is 22.8 Å². The third-order valence-corrected chi connectivity index (χ3v) is 4.78. The molecule has 0 bridgehead atoms. The molecule has 0 aliphatic heterocycles. The van der Waals surface area contributed by atoms with Gasteiger partial charge in [-0.15, -0.1) is 0 Å². The molecule has 0 saturated carbocycles. The predicted octanol–water partition coefficient (Wildman–Crippen LogP) is 2.30. The van der Waals surface area contributed by atoms with Crippen molar-refractivity contribution in [2.45, 2.75) is 31.1 Å². The van der Waals surface area contributed by atoms with E-state index in [4.69, 9.17) is 0 Å². The van der Waals surface area contributed by atoms with E-state index < -0.39 is 17.6 Å². The number of nitrogens with zero attached hydrogens (tertiary/aromatic N) is 1. The molecule has 162 valence electrons. The number of aromatic nitrogens is 2. The van der Waals surface area contributed by atoms with Gasteiger partial charge in [-0.2, -0.15) is 13.2 Å². The summed E-state index contributed by atoms with van der Waals surface area (Å²) in [6.45, 7) is 1.96. The summed E-state index contributed by atoms with van der Waals surface area (Å²) in [4.78, 5) is 42.8. The number of aryl methyl sites for hydroxylation is 1. The molecule has 1 aromatic carbocycles. The first-order valence-electron chi connectivity index (χ1n) is 8.97. The summed E-state index contributed by atoms with van der Waals surface area (Å²) in [5.41, 5.74) is -0.00870. The number of aromatic amines is 1. The number of hydrogen-bond acceptors (Lipinski definition) is 5. The number of benzene rings is 1. The number of H-pyrrole nitrogens is 1. The molecule has 7 nitrogen and oxygen atoms in total. The third-order valence-electron chi connectivity index (χ3n) is 4.20. The van der Waals surface area contributed by atoms with E-state index in [1.54, 1.807) is 13.2 Å². The smallest absolute Gasteiger partial charge is 0.354 e. The molecular formula is C19H21F3N4O3S. The van der Waals surface area contributed by atoms with Gasteiger partial charge in [0.25, 0.3) is 11.5 Å². The van der Waals surface area contributed by atoms with E-state index in [0.717, 1.165) is 24.3 Å². The molecule has 0 aliphatic carbocycles. The van der Waals surface area contributed by atoms with E-state index in [1.165, 1.54) is 11.8 Å². The Bertz CT molecular complexity index is 959. The number of rotatable bonds is 8. The number of alkyl halides is 3. The maximum atomic E-state index is 12.5. The van der Waals surface area contributed by atoms with Gasteiger partial charge < -0.3 is 15.6 Å². The lowest BCUT2D eigenvalue weighted by molar-refractivity contribution is -0.137. The van der Waals surface area contributed by atoms with E-state index >= 15 is 0 Å². The minimum absolute atomic E-state index is 0.0804. The fourth-order valence-corrected chi connectivity index (χ4v) is 3.02. The van der Waals surface area contributed by atoms with E-state index in [9.17, 15) is 27.6 Å². The molecule has 1 heterocycles. The second-order valence-corrected chi connectivity index (χ2v) is 7.12. The SMILES string of the molecule is CSc1nc(C)c(CCC(=O)NCCNC(=O)c2ccc(C(F)(F)F)cc2)c(=O)[nH]1. The number of carbonyl (C=O) groups is 2. The monoisotopic (exact) mass is 442 g/mol. The van der Waals surface area contributed by atoms with Crippen LogP contribution in [0, 0.1) is 6.92 Å². The Balaban J connectivity index is 1.75. The van der Waals surface area contributed by atoms with E-state index in [1.807, 2.05) is 0 Å². The highest BCUT2D eigenvalue weighted by Crippen LogP contribution is 2.29. The van der Waals surface area contributed by atoms with Crippen LogP contribution in [-0.2, 0) is 17.4 Å². The first kappa shape index (κ1) is 23.5. The molecule has 1 aromatic heterocycles. The lowest BCUT2D eigenvalue weighted by Crippen LogP contribution is -2.35. The summed E-state index contributed by atoms with van der Waals surface area (Å²) >= 11 is 1.32. The number of thioether (sulfide) groups is 1. The van der Waals surface area contributed by atoms with Crippen LogP contribution in [0.4, 0.5) is 13.2 Å². The molecule has 0 saturated heterocycles. The van der Waals surface area contributed by atoms with Gasteiger partial charge in [-0.25, -0.2) is 4.98 Å². The number of carbonyl (C=O) groups excluding carboxylic acids is 2. The molecule has 0 radical (unpaired) electrons. The highest BCUT2D eigenvalue weighted by molar-refractivity contribution is 7.98. The second kappa shape index (κ2) is 10.3. The van der Waals surface area contributed by atoms with Gasteiger partial charge in [0.05, 0.1) is 5.56 Å². The summed E-state index contributed by atoms with van der Waals surface area (Å²) in [6, 6.07) is 3.85. The van der Waals surface area contributed by atoms with Crippen molar-refractivity contribution in [3.8, 4) is 0 Å². The number of nitrogens with one attached hydrogen (secondary N) is 3. The molecule has 0 fully saturated rings. The fourth-order valence-electron chi connectivity index (χ4n) is 2.59. The van der Waals surface area contributed by atoms with Gasteiger partial charge in [0.15, 0.2) is 5.16 Å². The number of hydrogen-bond donors (Lipinski definition) is 3. The maximum absolute atomic E-state index is 12.5. The standard InChI is InChI=1S/C19H21F3N4O3S/c1-11-14(17(29)26-18(25-11)30-2)7-8-15(27)23-9-10-24-16(28)12-3-5-13(6-4-12)19(20,21)22/h3-6H,7-10H2,1-2H3,(H,23,27)(H,24,28)(H,25,26,29). The van der Waals surface area contributed by atoms with Gasteiger partial charge >= 0.3 is 6.18 Å². The fraction of sp³-hybridized carbons (Fsp3) is 0.368. The predicted molar refractivity (Wildman–Crippen MR) is 106 cm³/mol. The van der Waals surface area contributed by atoms with E-state index in [2.05, 4.69) is 20.6 Å². The van der Waals surface area contributed by atoms with Crippen molar-refractivity contribution in [3.63, 3.8) is 0 Å². The molecule has 2 aromatic rings. The van der Waals surface area contributed by atoms with Crippen LogP contribution in [0.1, 0.15) is 33.6 Å². The Labute approximate surface area is 174 Å². The van der Waals surface area contributed by atoms with Crippen LogP contribution in [0.15, 0.2) is 34.2 Å². The largest absolute Gasteiger partial charge is 0.416 e. The van der Waals surface area contributed by atoms with Crippen LogP contribution in [0.25, 0.3) is 0 Å². The Morgan fingerprint density at radius 3 is 2.33 bits per heavy atom. The third kappa shape index (κ3) is 6.61. The number of amides is 2. The highest BCUT2D eigenvalue weighted by atomic mass is 32.2. The lowest BCUT2D eigenvalue weighted by Gasteiger charge is -2.09. The molecule has 11 heteroatoms. The van der Waals surface area contributed by atoms with Crippen molar-refractivity contribution in [2.75, 3.05) is 19.3 Å². The van der Waals surface area contributed by atoms with E-state index in [0.29, 0.717) is 16.4 Å². The van der Waals surface area contributed by atoms with Crippen LogP contribution in [-0.4, -0.2) is 41.1 Å². The van der Waals surface area contributed by atoms with Crippen LogP contribution in [0.2, 0.25) is 0 Å². The summed E-state index contributed by atoms with van der Waals surface area (Å²) in [6.07, 6.45) is -2.36. The minimum atomic E-state index is -4.46. The Morgan fingerprint density at radius 1 is 1.13 bits per heavy atom. The maximum Gasteiger partial charge on any atom is 0.416 e. The molecule has 0 unspecified atom stereocenters. The van der Waals surface area contributed by atoms with Gasteiger partial charge in [-0.1, -0.05) is 11.8 Å². The Hall–Kier alpha value is -2.82. The molecule has 3 N–H and O–H groups in total. The summed E-state index contributed by atoms with van der Waals surface area (Å²) < 4.78 is 37.6. The topological polar surface area (TPSA) is 104 Å². The summed E-state index contributed by atoms with van der Waals surface area (Å²) in [5, 5.41) is 5.63. The molecular weight excluding hydrogens is 421 g/mol. The second-order valence-electron chi connectivity index (χ2n) is 6.32. The minimum Gasteiger partial charge on any atom is -0.354 e. The molecule has 30 heavy (non-hydrogen) atoms. The molecule has 0 atom stereocenters. The van der Waals surface area contributed by atoms with Crippen molar-refractivity contribution in [3.05, 3.63) is 57.0 Å². The van der Waals surface area contributed by atoms with Crippen molar-refractivity contribution in [2.24, 2.45) is 0 Å². The summed E-state index contributed by atoms with van der Waals surface area (Å²) in [5.74, 6) is -0.841. The summed E-state index contributed by atoms with van der Waals surface area (Å²) in [7, 11) is 0. The normalized spacial score (nSPS) is 11.2. The molecule has 0 aliphatic rings. The van der Waals surface area contributed by atoms with E-state index in [-0.39, 0.29) is 43.0 Å². The molecule has 0 spiro atoms. The Morgan fingerprint density at radius 2 is 1.77 bits per heavy atom. The zero-order valence-corrected chi connectivity index (χ0v) is 17.2. The lowest BCUT2D eigenvalue weighted by atomic mass is 10.1. The van der Waals surface area contributed by atoms with Gasteiger partial charge in [0.2, 0.25) is 5.91 Å². The first-order chi connectivity index (χ1) is 14.1. The van der Waals surface area contributed by atoms with Crippen molar-refractivity contribution in [1.29, 1.82) is 0 Å². The first-order valence-corrected chi connectivity index (χ1v) is 10.2. The average Bonchev–Trinajstić information content (AvgIpc) is 2.69. The Kier molecular flexibility index (Phi) is 8.04. The molecule has 2 rings (SSSR count). The average molecular weight is 442 g/mol. The molecule has 2 amide bonds. The zero-order chi connectivity index (χ0) is 22.3. The van der Waals surface area contributed by atoms with Gasteiger partial charge in [0, 0.05) is 36.3 Å². The van der Waals surface area contributed by atoms with Crippen molar-refractivity contribution in [1.82, 2.24) is 20.6 Å². The van der Waals surface area contributed by atoms with Crippen LogP contribution < -0.4 is 16.2 Å². The van der Waals surface area contributed by atoms with Crippen LogP contribution in [0.3, 0.4) is 0 Å². The zero-order valence-electron chi connectivity index (χ0n) is 16.4. The van der Waals surface area contributed by atoms with Gasteiger partial charge in [-0.3, -0.25) is 14.4 Å². The van der Waals surface area contributed by atoms with Crippen LogP contribution in [0.5, 0.6) is 0 Å². The van der Waals surface area contributed by atoms with Gasteiger partial charge in [0.1, 0.15) is 0 Å². The van der Waals surface area contributed by atoms with Crippen LogP contribution >= 0.6 is 11.8 Å². The quantitative estimate of drug-likeness (QED) is 0.331. The van der Waals surface area contributed by atoms with Crippen molar-refractivity contribution >= 4 is 23.6 Å². The highest BCUT2D eigenvalue weighted by Gasteiger charge is 2.30. The van der Waals surface area contributed by atoms with Gasteiger partial charge in [-0.05, 0) is 43.9 Å². The number of halogens is 3.